The number of anilines is 1. The van der Waals surface area contributed by atoms with Gasteiger partial charge in [0.1, 0.15) is 10.9 Å². The molecule has 1 unspecified atom stereocenters. The molecule has 7 N–H and O–H groups in total. The Morgan fingerprint density at radius 2 is 1.60 bits per heavy atom. The topological polar surface area (TPSA) is 222 Å². The SMILES string of the molecule is C=C(C)C(=O)NCCCCC(NS(=O)(=O)c1cc(N)c2ccc3c(S(=O)(=O)O)cc(SOO)c4ccc1c2c43)C(=O)O. The van der Waals surface area contributed by atoms with Crippen LogP contribution in [0.2, 0.25) is 0 Å². The maximum absolute atomic E-state index is 13.6. The van der Waals surface area contributed by atoms with E-state index in [2.05, 4.69) is 21.0 Å². The highest BCUT2D eigenvalue weighted by molar-refractivity contribution is 7.94. The Labute approximate surface area is 245 Å². The molecule has 0 radical (unpaired) electrons. The second-order valence-electron chi connectivity index (χ2n) is 9.59. The van der Waals surface area contributed by atoms with Crippen LogP contribution in [0, 0.1) is 0 Å². The lowest BCUT2D eigenvalue weighted by molar-refractivity contribution is -0.139. The van der Waals surface area contributed by atoms with Gasteiger partial charge in [0, 0.05) is 49.6 Å². The molecule has 42 heavy (non-hydrogen) atoms. The van der Waals surface area contributed by atoms with Crippen molar-refractivity contribution in [2.75, 3.05) is 12.3 Å². The number of carbonyl (C=O) groups excluding carboxylic acids is 1. The number of sulfonamides is 1. The molecule has 0 bridgehead atoms. The predicted molar refractivity (Wildman–Crippen MR) is 157 cm³/mol. The van der Waals surface area contributed by atoms with Crippen LogP contribution in [0.5, 0.6) is 0 Å². The van der Waals surface area contributed by atoms with Crippen LogP contribution in [0.15, 0.2) is 63.2 Å². The zero-order valence-electron chi connectivity index (χ0n) is 22.1. The third kappa shape index (κ3) is 6.14. The third-order valence-electron chi connectivity index (χ3n) is 6.70. The Morgan fingerprint density at radius 3 is 2.19 bits per heavy atom. The average Bonchev–Trinajstić information content (AvgIpc) is 2.91. The van der Waals surface area contributed by atoms with Gasteiger partial charge in [-0.25, -0.2) is 13.7 Å². The van der Waals surface area contributed by atoms with Crippen molar-refractivity contribution in [1.82, 2.24) is 10.0 Å². The minimum absolute atomic E-state index is 0.0160. The largest absolute Gasteiger partial charge is 0.480 e. The van der Waals surface area contributed by atoms with Crippen LogP contribution < -0.4 is 15.8 Å². The average molecular weight is 638 g/mol. The summed E-state index contributed by atoms with van der Waals surface area (Å²) in [6.45, 7) is 5.33. The van der Waals surface area contributed by atoms with Crippen molar-refractivity contribution in [2.45, 2.75) is 46.9 Å². The molecule has 0 aromatic heterocycles. The second-order valence-corrected chi connectivity index (χ2v) is 13.4. The molecular weight excluding hydrogens is 610 g/mol. The molecule has 1 amide bonds. The van der Waals surface area contributed by atoms with Crippen molar-refractivity contribution < 1.29 is 45.7 Å². The van der Waals surface area contributed by atoms with Gasteiger partial charge in [0.2, 0.25) is 15.9 Å². The highest BCUT2D eigenvalue weighted by Gasteiger charge is 2.29. The Kier molecular flexibility index (Phi) is 8.98. The summed E-state index contributed by atoms with van der Waals surface area (Å²) in [4.78, 5) is 22.8. The summed E-state index contributed by atoms with van der Waals surface area (Å²) in [6.07, 6.45) is 0.602. The molecule has 0 spiro atoms. The minimum Gasteiger partial charge on any atom is -0.480 e. The second kappa shape index (κ2) is 12.0. The highest BCUT2D eigenvalue weighted by atomic mass is 32.2. The number of nitrogens with one attached hydrogen (secondary N) is 2. The molecule has 16 heteroatoms. The van der Waals surface area contributed by atoms with Gasteiger partial charge in [-0.05, 0) is 43.7 Å². The molecule has 0 fully saturated rings. The number of carboxylic acids is 1. The van der Waals surface area contributed by atoms with Crippen molar-refractivity contribution in [3.05, 3.63) is 48.6 Å². The number of amides is 1. The Hall–Kier alpha value is -3.51. The number of aliphatic carboxylic acids is 1. The maximum Gasteiger partial charge on any atom is 0.321 e. The van der Waals surface area contributed by atoms with E-state index < -0.39 is 37.0 Å². The first kappa shape index (κ1) is 31.4. The lowest BCUT2D eigenvalue weighted by Gasteiger charge is -2.20. The number of unbranched alkanes of at least 4 members (excludes halogenated alkanes) is 1. The molecule has 0 saturated carbocycles. The van der Waals surface area contributed by atoms with Crippen molar-refractivity contribution in [3.63, 3.8) is 0 Å². The summed E-state index contributed by atoms with van der Waals surface area (Å²) in [7, 11) is -9.28. The van der Waals surface area contributed by atoms with E-state index in [0.717, 1.165) is 6.07 Å². The Morgan fingerprint density at radius 1 is 1.00 bits per heavy atom. The van der Waals surface area contributed by atoms with Crippen molar-refractivity contribution in [2.24, 2.45) is 0 Å². The fourth-order valence-electron chi connectivity index (χ4n) is 4.78. The standard InChI is InChI=1S/C26H27N3O10S3/c1-13(2)25(30)28-10-4-3-5-19(26(31)32)29-41(34,35)21-11-18(27)14-6-8-17-22(42(36,37)38)12-20(40-39-33)15-7-9-16(21)23(14)24(15)17/h6-9,11-12,19,29,33H,1,3-5,10,27H2,2H3,(H,28,30)(H,31,32)(H,36,37,38). The molecule has 0 aliphatic heterocycles. The summed E-state index contributed by atoms with van der Waals surface area (Å²) in [5.41, 5.74) is 6.59. The van der Waals surface area contributed by atoms with E-state index in [9.17, 15) is 36.1 Å². The summed E-state index contributed by atoms with van der Waals surface area (Å²) in [5.74, 6) is -1.74. The number of nitrogen functional groups attached to an aromatic ring is 1. The number of hydrogen-bond acceptors (Lipinski definition) is 10. The first-order valence-corrected chi connectivity index (χ1v) is 16.0. The number of rotatable bonds is 13. The monoisotopic (exact) mass is 637 g/mol. The molecule has 4 aromatic carbocycles. The van der Waals surface area contributed by atoms with Gasteiger partial charge in [-0.3, -0.25) is 14.1 Å². The lowest BCUT2D eigenvalue weighted by atomic mass is 9.93. The van der Waals surface area contributed by atoms with Crippen LogP contribution in [0.1, 0.15) is 26.2 Å². The third-order valence-corrected chi connectivity index (χ3v) is 9.70. The van der Waals surface area contributed by atoms with Gasteiger partial charge in [0.25, 0.3) is 10.1 Å². The van der Waals surface area contributed by atoms with Gasteiger partial charge in [0.15, 0.2) is 0 Å². The molecule has 4 rings (SSSR count). The van der Waals surface area contributed by atoms with Gasteiger partial charge >= 0.3 is 5.97 Å². The number of carbonyl (C=O) groups is 2. The van der Waals surface area contributed by atoms with Crippen LogP contribution in [0.4, 0.5) is 5.69 Å². The molecule has 0 aliphatic carbocycles. The van der Waals surface area contributed by atoms with E-state index in [1.165, 1.54) is 30.3 Å². The van der Waals surface area contributed by atoms with E-state index in [1.54, 1.807) is 6.92 Å². The Balaban J connectivity index is 1.79. The number of nitrogens with two attached hydrogens (primary N) is 1. The van der Waals surface area contributed by atoms with Crippen molar-refractivity contribution in [1.29, 1.82) is 0 Å². The van der Waals surface area contributed by atoms with Gasteiger partial charge in [-0.2, -0.15) is 17.5 Å². The molecule has 13 nitrogen and oxygen atoms in total. The maximum atomic E-state index is 13.6. The van der Waals surface area contributed by atoms with Gasteiger partial charge in [-0.15, -0.1) is 0 Å². The Bertz CT molecular complexity index is 1940. The fourth-order valence-corrected chi connectivity index (χ4v) is 7.54. The summed E-state index contributed by atoms with van der Waals surface area (Å²) in [5, 5.41) is 22.8. The van der Waals surface area contributed by atoms with E-state index in [0.29, 0.717) is 34.8 Å². The van der Waals surface area contributed by atoms with Crippen molar-refractivity contribution in [3.8, 4) is 0 Å². The summed E-state index contributed by atoms with van der Waals surface area (Å²) >= 11 is 0.423. The first-order chi connectivity index (χ1) is 19.7. The minimum atomic E-state index is -4.77. The number of benzene rings is 4. The molecule has 0 saturated heterocycles. The molecule has 0 aliphatic rings. The summed E-state index contributed by atoms with van der Waals surface area (Å²) < 4.78 is 68.0. The van der Waals surface area contributed by atoms with Crippen LogP contribution in [-0.4, -0.2) is 56.2 Å². The van der Waals surface area contributed by atoms with E-state index in [-0.39, 0.29) is 62.3 Å². The van der Waals surface area contributed by atoms with E-state index >= 15 is 0 Å². The number of carboxylic acid groups (broad SMARTS) is 1. The first-order valence-electron chi connectivity index (χ1n) is 12.4. The normalized spacial score (nSPS) is 13.1. The van der Waals surface area contributed by atoms with Gasteiger partial charge < -0.3 is 16.2 Å². The smallest absolute Gasteiger partial charge is 0.321 e. The van der Waals surface area contributed by atoms with Crippen molar-refractivity contribution >= 4 is 82.1 Å². The zero-order valence-corrected chi connectivity index (χ0v) is 24.5. The predicted octanol–water partition coefficient (Wildman–Crippen LogP) is 3.50. The molecule has 224 valence electrons. The molecule has 1 atom stereocenters. The molecular formula is C26H27N3O10S3. The van der Waals surface area contributed by atoms with E-state index in [4.69, 9.17) is 11.0 Å². The van der Waals surface area contributed by atoms with Gasteiger partial charge in [0.05, 0.1) is 16.9 Å². The molecule has 4 aromatic rings. The zero-order chi connectivity index (χ0) is 31.0. The van der Waals surface area contributed by atoms with E-state index in [1.807, 2.05) is 0 Å². The molecule has 0 heterocycles. The van der Waals surface area contributed by atoms with Crippen LogP contribution in [0.3, 0.4) is 0 Å². The van der Waals surface area contributed by atoms with Crippen LogP contribution in [-0.2, 0) is 34.1 Å². The quantitative estimate of drug-likeness (QED) is 0.0181. The summed E-state index contributed by atoms with van der Waals surface area (Å²) in [6, 6.07) is 6.65. The fraction of sp³-hybridized carbons (Fsp3) is 0.231. The van der Waals surface area contributed by atoms with Crippen LogP contribution in [0.25, 0.3) is 32.3 Å². The highest BCUT2D eigenvalue weighted by Crippen LogP contribution is 2.45. The van der Waals surface area contributed by atoms with Gasteiger partial charge in [-0.1, -0.05) is 30.8 Å². The number of hydrogen-bond donors (Lipinski definition) is 6. The van der Waals surface area contributed by atoms with Crippen LogP contribution >= 0.6 is 12.0 Å². The lowest BCUT2D eigenvalue weighted by Crippen LogP contribution is -2.40.